The quantitative estimate of drug-likeness (QED) is 0.817. The predicted molar refractivity (Wildman–Crippen MR) is 69.0 cm³/mol. The summed E-state index contributed by atoms with van der Waals surface area (Å²) < 4.78 is 26.1. The van der Waals surface area contributed by atoms with Crippen LogP contribution in [0.4, 0.5) is 0 Å². The largest absolute Gasteiger partial charge is 0.327 e. The Hall–Kier alpha value is -0.640. The van der Waals surface area contributed by atoms with Crippen LogP contribution >= 0.6 is 0 Å². The molecule has 0 aromatic rings. The van der Waals surface area contributed by atoms with Gasteiger partial charge in [0.2, 0.25) is 10.0 Å². The van der Waals surface area contributed by atoms with Crippen molar-refractivity contribution < 1.29 is 8.42 Å². The molecule has 0 aromatic carbocycles. The lowest BCUT2D eigenvalue weighted by molar-refractivity contribution is 0.260. The molecule has 1 saturated carbocycles. The minimum absolute atomic E-state index is 0.117. The van der Waals surface area contributed by atoms with Crippen molar-refractivity contribution in [3.63, 3.8) is 0 Å². The van der Waals surface area contributed by atoms with E-state index in [0.29, 0.717) is 25.4 Å². The second-order valence-electron chi connectivity index (χ2n) is 5.41. The molecule has 2 aliphatic rings. The number of rotatable bonds is 3. The molecule has 1 saturated heterocycles. The van der Waals surface area contributed by atoms with Crippen molar-refractivity contribution in [3.8, 4) is 6.07 Å². The highest BCUT2D eigenvalue weighted by Gasteiger charge is 2.44. The lowest BCUT2D eigenvalue weighted by Gasteiger charge is -2.29. The van der Waals surface area contributed by atoms with Gasteiger partial charge in [-0.1, -0.05) is 13.3 Å². The van der Waals surface area contributed by atoms with Crippen molar-refractivity contribution in [2.24, 2.45) is 17.6 Å². The Morgan fingerprint density at radius 3 is 2.72 bits per heavy atom. The summed E-state index contributed by atoms with van der Waals surface area (Å²) in [4.78, 5) is 0. The Bertz CT molecular complexity index is 443. The number of hydrogen-bond donors (Lipinski definition) is 1. The monoisotopic (exact) mass is 271 g/mol. The van der Waals surface area contributed by atoms with Crippen LogP contribution < -0.4 is 5.73 Å². The van der Waals surface area contributed by atoms with E-state index < -0.39 is 15.3 Å². The average Bonchev–Trinajstić information content (AvgIpc) is 2.76. The summed E-state index contributed by atoms with van der Waals surface area (Å²) in [5, 5.41) is 8.04. The lowest BCUT2D eigenvalue weighted by Crippen LogP contribution is -2.39. The van der Waals surface area contributed by atoms with Crippen molar-refractivity contribution in [3.05, 3.63) is 0 Å². The van der Waals surface area contributed by atoms with E-state index in [1.165, 1.54) is 4.31 Å². The SMILES string of the molecule is CCC(C#N)S(=O)(=O)N1CC2CCCC(N)C2C1. The van der Waals surface area contributed by atoms with Gasteiger partial charge in [-0.05, 0) is 31.1 Å². The van der Waals surface area contributed by atoms with Gasteiger partial charge in [-0.15, -0.1) is 0 Å². The van der Waals surface area contributed by atoms with Crippen LogP contribution in [0.1, 0.15) is 32.6 Å². The highest BCUT2D eigenvalue weighted by molar-refractivity contribution is 7.90. The maximum Gasteiger partial charge on any atom is 0.230 e. The average molecular weight is 271 g/mol. The van der Waals surface area contributed by atoms with E-state index in [2.05, 4.69) is 0 Å². The molecule has 4 atom stereocenters. The fourth-order valence-corrected chi connectivity index (χ4v) is 4.93. The van der Waals surface area contributed by atoms with Gasteiger partial charge in [-0.25, -0.2) is 12.7 Å². The summed E-state index contributed by atoms with van der Waals surface area (Å²) in [7, 11) is -3.47. The second-order valence-corrected chi connectivity index (χ2v) is 7.52. The molecular weight excluding hydrogens is 250 g/mol. The van der Waals surface area contributed by atoms with Crippen LogP contribution in [0, 0.1) is 23.2 Å². The zero-order chi connectivity index (χ0) is 13.3. The second kappa shape index (κ2) is 5.16. The van der Waals surface area contributed by atoms with Crippen LogP contribution in [0.25, 0.3) is 0 Å². The van der Waals surface area contributed by atoms with Gasteiger partial charge < -0.3 is 5.73 Å². The van der Waals surface area contributed by atoms with E-state index in [-0.39, 0.29) is 12.0 Å². The maximum atomic E-state index is 12.3. The van der Waals surface area contributed by atoms with Gasteiger partial charge in [0, 0.05) is 19.1 Å². The molecule has 0 amide bonds. The number of nitrogens with two attached hydrogens (primary N) is 1. The van der Waals surface area contributed by atoms with Crippen molar-refractivity contribution in [1.29, 1.82) is 5.26 Å². The van der Waals surface area contributed by atoms with Gasteiger partial charge in [0.05, 0.1) is 6.07 Å². The molecule has 18 heavy (non-hydrogen) atoms. The number of hydrogen-bond acceptors (Lipinski definition) is 4. The highest BCUT2D eigenvalue weighted by atomic mass is 32.2. The maximum absolute atomic E-state index is 12.3. The normalized spacial score (nSPS) is 34.8. The molecule has 2 rings (SSSR count). The third-order valence-electron chi connectivity index (χ3n) is 4.35. The first kappa shape index (κ1) is 13.8. The van der Waals surface area contributed by atoms with Crippen LogP contribution in [0.5, 0.6) is 0 Å². The summed E-state index contributed by atoms with van der Waals surface area (Å²) in [6.45, 7) is 2.80. The van der Waals surface area contributed by atoms with E-state index in [0.717, 1.165) is 19.3 Å². The Labute approximate surface area is 109 Å². The molecule has 1 heterocycles. The molecule has 0 spiro atoms. The Kier molecular flexibility index (Phi) is 3.95. The predicted octanol–water partition coefficient (Wildman–Crippen LogP) is 0.678. The zero-order valence-electron chi connectivity index (χ0n) is 10.7. The minimum atomic E-state index is -3.47. The molecule has 5 nitrogen and oxygen atoms in total. The number of nitrogens with zero attached hydrogens (tertiary/aromatic N) is 2. The van der Waals surface area contributed by atoms with E-state index in [9.17, 15) is 8.42 Å². The molecule has 1 aliphatic heterocycles. The standard InChI is InChI=1S/C12H21N3O2S/c1-2-10(6-13)18(16,17)15-7-9-4-3-5-12(14)11(9)8-15/h9-12H,2-5,7-8,14H2,1H3. The van der Waals surface area contributed by atoms with Gasteiger partial charge in [-0.2, -0.15) is 5.26 Å². The van der Waals surface area contributed by atoms with Crippen LogP contribution in [-0.2, 0) is 10.0 Å². The molecule has 0 bridgehead atoms. The smallest absolute Gasteiger partial charge is 0.230 e. The van der Waals surface area contributed by atoms with Crippen molar-refractivity contribution in [1.82, 2.24) is 4.31 Å². The molecule has 102 valence electrons. The molecule has 6 heteroatoms. The first-order valence-electron chi connectivity index (χ1n) is 6.64. The number of nitriles is 1. The van der Waals surface area contributed by atoms with Gasteiger partial charge in [0.15, 0.2) is 5.25 Å². The van der Waals surface area contributed by atoms with Gasteiger partial charge in [0.1, 0.15) is 0 Å². The van der Waals surface area contributed by atoms with E-state index in [4.69, 9.17) is 11.0 Å². The van der Waals surface area contributed by atoms with Crippen LogP contribution in [0.3, 0.4) is 0 Å². The molecule has 2 fully saturated rings. The number of sulfonamides is 1. The van der Waals surface area contributed by atoms with Crippen LogP contribution in [0.15, 0.2) is 0 Å². The molecule has 2 N–H and O–H groups in total. The lowest BCUT2D eigenvalue weighted by atomic mass is 9.78. The third kappa shape index (κ3) is 2.27. The number of fused-ring (bicyclic) bond motifs is 1. The van der Waals surface area contributed by atoms with E-state index in [1.807, 2.05) is 6.07 Å². The Balaban J connectivity index is 2.15. The fraction of sp³-hybridized carbons (Fsp3) is 0.917. The summed E-state index contributed by atoms with van der Waals surface area (Å²) in [6, 6.07) is 2.02. The summed E-state index contributed by atoms with van der Waals surface area (Å²) in [5.41, 5.74) is 6.08. The molecule has 4 unspecified atom stereocenters. The Morgan fingerprint density at radius 2 is 2.17 bits per heavy atom. The topological polar surface area (TPSA) is 87.2 Å². The van der Waals surface area contributed by atoms with Crippen LogP contribution in [0.2, 0.25) is 0 Å². The minimum Gasteiger partial charge on any atom is -0.327 e. The molecule has 0 aromatic heterocycles. The van der Waals surface area contributed by atoms with Crippen molar-refractivity contribution in [2.75, 3.05) is 13.1 Å². The van der Waals surface area contributed by atoms with Crippen LogP contribution in [-0.4, -0.2) is 37.1 Å². The van der Waals surface area contributed by atoms with E-state index >= 15 is 0 Å². The molecular formula is C12H21N3O2S. The van der Waals surface area contributed by atoms with Gasteiger partial charge in [0.25, 0.3) is 0 Å². The van der Waals surface area contributed by atoms with Gasteiger partial charge in [-0.3, -0.25) is 0 Å². The first-order chi connectivity index (χ1) is 8.50. The summed E-state index contributed by atoms with van der Waals surface area (Å²) >= 11 is 0. The first-order valence-corrected chi connectivity index (χ1v) is 8.15. The third-order valence-corrected chi connectivity index (χ3v) is 6.53. The highest BCUT2D eigenvalue weighted by Crippen LogP contribution is 2.37. The van der Waals surface area contributed by atoms with E-state index in [1.54, 1.807) is 6.92 Å². The Morgan fingerprint density at radius 1 is 1.44 bits per heavy atom. The van der Waals surface area contributed by atoms with Crippen molar-refractivity contribution in [2.45, 2.75) is 43.9 Å². The summed E-state index contributed by atoms with van der Waals surface area (Å²) in [5.74, 6) is 0.671. The summed E-state index contributed by atoms with van der Waals surface area (Å²) in [6.07, 6.45) is 3.49. The van der Waals surface area contributed by atoms with Crippen molar-refractivity contribution >= 4 is 10.0 Å². The fourth-order valence-electron chi connectivity index (χ4n) is 3.23. The molecule has 1 aliphatic carbocycles. The zero-order valence-corrected chi connectivity index (χ0v) is 11.6. The molecule has 0 radical (unpaired) electrons. The van der Waals surface area contributed by atoms with Gasteiger partial charge >= 0.3 is 0 Å².